The number of methoxy groups -OCH3 is 1. The lowest BCUT2D eigenvalue weighted by atomic mass is 10.3. The third-order valence-electron chi connectivity index (χ3n) is 3.35. The van der Waals surface area contributed by atoms with Gasteiger partial charge in [0.2, 0.25) is 0 Å². The normalized spacial score (nSPS) is 10.5. The lowest BCUT2D eigenvalue weighted by molar-refractivity contribution is -0.384. The summed E-state index contributed by atoms with van der Waals surface area (Å²) >= 11 is 0. The number of carbonyl (C=O) groups excluding carboxylic acids is 1. The number of nitro groups is 1. The number of aromatic nitrogens is 2. The number of benzene rings is 1. The quantitative estimate of drug-likeness (QED) is 0.406. The molecule has 0 aliphatic rings. The van der Waals surface area contributed by atoms with Crippen molar-refractivity contribution in [2.75, 3.05) is 7.11 Å². The highest BCUT2D eigenvalue weighted by molar-refractivity contribution is 5.95. The summed E-state index contributed by atoms with van der Waals surface area (Å²) in [6.07, 6.45) is 3.48. The second kappa shape index (κ2) is 6.37. The SMILES string of the molecule is COC(=O)c1cccn2cc(COc3cccc([N+](=O)[O-])c3)nc12. The van der Waals surface area contributed by atoms with Crippen LogP contribution in [0.1, 0.15) is 16.1 Å². The molecule has 0 bridgehead atoms. The molecule has 0 atom stereocenters. The van der Waals surface area contributed by atoms with Crippen molar-refractivity contribution >= 4 is 17.3 Å². The number of carbonyl (C=O) groups is 1. The van der Waals surface area contributed by atoms with Gasteiger partial charge in [-0.3, -0.25) is 10.1 Å². The molecule has 2 heterocycles. The Morgan fingerprint density at radius 2 is 2.17 bits per heavy atom. The molecule has 0 fully saturated rings. The number of pyridine rings is 1. The highest BCUT2D eigenvalue weighted by Crippen LogP contribution is 2.20. The van der Waals surface area contributed by atoms with Crippen LogP contribution in [0.15, 0.2) is 48.8 Å². The number of ether oxygens (including phenoxy) is 2. The van der Waals surface area contributed by atoms with Crippen LogP contribution in [0.25, 0.3) is 5.65 Å². The van der Waals surface area contributed by atoms with E-state index < -0.39 is 10.9 Å². The number of rotatable bonds is 5. The molecule has 0 unspecified atom stereocenters. The average molecular weight is 327 g/mol. The van der Waals surface area contributed by atoms with E-state index in [0.717, 1.165) is 0 Å². The number of imidazole rings is 1. The van der Waals surface area contributed by atoms with Crippen LogP contribution in [-0.2, 0) is 11.3 Å². The summed E-state index contributed by atoms with van der Waals surface area (Å²) < 4.78 is 12.0. The standard InChI is InChI=1S/C16H13N3O5/c1-23-16(20)14-6-3-7-18-9-11(17-15(14)18)10-24-13-5-2-4-12(8-13)19(21)22/h2-9H,10H2,1H3. The van der Waals surface area contributed by atoms with Crippen molar-refractivity contribution < 1.29 is 19.2 Å². The van der Waals surface area contributed by atoms with Crippen molar-refractivity contribution in [1.82, 2.24) is 9.38 Å². The summed E-state index contributed by atoms with van der Waals surface area (Å²) in [5, 5.41) is 10.8. The molecule has 0 amide bonds. The fraction of sp³-hybridized carbons (Fsp3) is 0.125. The summed E-state index contributed by atoms with van der Waals surface area (Å²) in [5.41, 5.74) is 1.34. The van der Waals surface area contributed by atoms with Gasteiger partial charge in [0.15, 0.2) is 5.65 Å². The first-order chi connectivity index (χ1) is 11.6. The van der Waals surface area contributed by atoms with E-state index in [1.54, 1.807) is 41.1 Å². The first kappa shape index (κ1) is 15.5. The Balaban J connectivity index is 1.82. The van der Waals surface area contributed by atoms with Crippen molar-refractivity contribution in [2.45, 2.75) is 6.61 Å². The zero-order valence-electron chi connectivity index (χ0n) is 12.7. The molecule has 24 heavy (non-hydrogen) atoms. The van der Waals surface area contributed by atoms with Crippen molar-refractivity contribution in [1.29, 1.82) is 0 Å². The molecule has 8 nitrogen and oxygen atoms in total. The molecular weight excluding hydrogens is 314 g/mol. The molecule has 0 saturated heterocycles. The second-order valence-corrected chi connectivity index (χ2v) is 4.92. The Kier molecular flexibility index (Phi) is 4.11. The number of hydrogen-bond donors (Lipinski definition) is 0. The van der Waals surface area contributed by atoms with E-state index in [2.05, 4.69) is 4.98 Å². The molecule has 0 aliphatic carbocycles. The molecule has 1 aromatic carbocycles. The highest BCUT2D eigenvalue weighted by atomic mass is 16.6. The van der Waals surface area contributed by atoms with Gasteiger partial charge in [0.25, 0.3) is 5.69 Å². The Morgan fingerprint density at radius 1 is 1.33 bits per heavy atom. The van der Waals surface area contributed by atoms with E-state index in [4.69, 9.17) is 9.47 Å². The Labute approximate surface area is 136 Å². The minimum Gasteiger partial charge on any atom is -0.487 e. The van der Waals surface area contributed by atoms with E-state index in [-0.39, 0.29) is 12.3 Å². The zero-order chi connectivity index (χ0) is 17.1. The van der Waals surface area contributed by atoms with Crippen LogP contribution >= 0.6 is 0 Å². The summed E-state index contributed by atoms with van der Waals surface area (Å²) in [7, 11) is 1.31. The van der Waals surface area contributed by atoms with Gasteiger partial charge in [0.05, 0.1) is 23.8 Å². The van der Waals surface area contributed by atoms with Crippen molar-refractivity contribution in [3.63, 3.8) is 0 Å². The Hall–Kier alpha value is -3.42. The third kappa shape index (κ3) is 3.02. The van der Waals surface area contributed by atoms with Gasteiger partial charge in [-0.25, -0.2) is 9.78 Å². The van der Waals surface area contributed by atoms with Gasteiger partial charge >= 0.3 is 5.97 Å². The molecular formula is C16H13N3O5. The lowest BCUT2D eigenvalue weighted by Crippen LogP contribution is -2.03. The fourth-order valence-electron chi connectivity index (χ4n) is 2.25. The van der Waals surface area contributed by atoms with Gasteiger partial charge in [-0.15, -0.1) is 0 Å². The fourth-order valence-corrected chi connectivity index (χ4v) is 2.25. The molecule has 3 rings (SSSR count). The monoisotopic (exact) mass is 327 g/mol. The predicted molar refractivity (Wildman–Crippen MR) is 84.0 cm³/mol. The maximum atomic E-state index is 11.7. The van der Waals surface area contributed by atoms with Crippen LogP contribution < -0.4 is 4.74 Å². The van der Waals surface area contributed by atoms with Crippen molar-refractivity contribution in [2.24, 2.45) is 0 Å². The number of fused-ring (bicyclic) bond motifs is 1. The largest absolute Gasteiger partial charge is 0.487 e. The van der Waals surface area contributed by atoms with Gasteiger partial charge < -0.3 is 13.9 Å². The second-order valence-electron chi connectivity index (χ2n) is 4.92. The zero-order valence-corrected chi connectivity index (χ0v) is 12.7. The average Bonchev–Trinajstić information content (AvgIpc) is 3.02. The van der Waals surface area contributed by atoms with Crippen LogP contribution in [0.2, 0.25) is 0 Å². The van der Waals surface area contributed by atoms with E-state index >= 15 is 0 Å². The summed E-state index contributed by atoms with van der Waals surface area (Å²) in [6, 6.07) is 9.25. The van der Waals surface area contributed by atoms with E-state index in [0.29, 0.717) is 22.7 Å². The first-order valence-electron chi connectivity index (χ1n) is 7.00. The Bertz CT molecular complexity index is 919. The van der Waals surface area contributed by atoms with Gasteiger partial charge in [0, 0.05) is 18.5 Å². The topological polar surface area (TPSA) is 96.0 Å². The Morgan fingerprint density at radius 3 is 2.92 bits per heavy atom. The van der Waals surface area contributed by atoms with E-state index in [1.807, 2.05) is 0 Å². The van der Waals surface area contributed by atoms with Crippen LogP contribution in [-0.4, -0.2) is 27.4 Å². The van der Waals surface area contributed by atoms with Gasteiger partial charge in [-0.2, -0.15) is 0 Å². The molecule has 122 valence electrons. The van der Waals surface area contributed by atoms with Gasteiger partial charge in [-0.05, 0) is 18.2 Å². The molecule has 0 radical (unpaired) electrons. The van der Waals surface area contributed by atoms with Crippen LogP contribution in [0, 0.1) is 10.1 Å². The molecule has 0 aliphatic heterocycles. The number of hydrogen-bond acceptors (Lipinski definition) is 6. The molecule has 0 N–H and O–H groups in total. The van der Waals surface area contributed by atoms with Gasteiger partial charge in [-0.1, -0.05) is 6.07 Å². The number of non-ortho nitro benzene ring substituents is 1. The van der Waals surface area contributed by atoms with E-state index in [9.17, 15) is 14.9 Å². The highest BCUT2D eigenvalue weighted by Gasteiger charge is 2.14. The molecule has 0 saturated carbocycles. The first-order valence-corrected chi connectivity index (χ1v) is 7.00. The minimum atomic E-state index is -0.486. The molecule has 8 heteroatoms. The summed E-state index contributed by atoms with van der Waals surface area (Å²) in [4.78, 5) is 26.4. The van der Waals surface area contributed by atoms with Crippen LogP contribution in [0.3, 0.4) is 0 Å². The molecule has 2 aromatic heterocycles. The number of esters is 1. The maximum absolute atomic E-state index is 11.7. The smallest absolute Gasteiger partial charge is 0.341 e. The maximum Gasteiger partial charge on any atom is 0.341 e. The third-order valence-corrected chi connectivity index (χ3v) is 3.35. The van der Waals surface area contributed by atoms with Crippen LogP contribution in [0.5, 0.6) is 5.75 Å². The van der Waals surface area contributed by atoms with Gasteiger partial charge in [0.1, 0.15) is 17.9 Å². The summed E-state index contributed by atoms with van der Waals surface area (Å²) in [5.74, 6) is -0.105. The minimum absolute atomic E-state index is 0.0459. The van der Waals surface area contributed by atoms with Crippen molar-refractivity contribution in [3.05, 3.63) is 70.2 Å². The molecule has 3 aromatic rings. The number of nitrogens with zero attached hydrogens (tertiary/aromatic N) is 3. The van der Waals surface area contributed by atoms with Crippen LogP contribution in [0.4, 0.5) is 5.69 Å². The molecule has 0 spiro atoms. The predicted octanol–water partition coefficient (Wildman–Crippen LogP) is 2.61. The summed E-state index contributed by atoms with van der Waals surface area (Å²) in [6.45, 7) is 0.115. The lowest BCUT2D eigenvalue weighted by Gasteiger charge is -2.03. The number of nitro benzene ring substituents is 1. The van der Waals surface area contributed by atoms with E-state index in [1.165, 1.54) is 19.2 Å². The van der Waals surface area contributed by atoms with Crippen molar-refractivity contribution in [3.8, 4) is 5.75 Å².